The molecule has 138 valence electrons. The Balaban J connectivity index is 2.26. The van der Waals surface area contributed by atoms with E-state index in [-0.39, 0.29) is 25.8 Å². The number of benzene rings is 1. The minimum absolute atomic E-state index is 0.00398. The normalized spacial score (nSPS) is 12.7. The Hall–Kier alpha value is -2.11. The first kappa shape index (κ1) is 18.7. The van der Waals surface area contributed by atoms with Crippen LogP contribution in [0.4, 0.5) is 8.78 Å². The molecular formula is C15H12F2N2O4S3. The second-order valence-electron chi connectivity index (χ2n) is 5.01. The van der Waals surface area contributed by atoms with Crippen molar-refractivity contribution in [2.24, 2.45) is 4.40 Å². The van der Waals surface area contributed by atoms with E-state index < -0.39 is 34.2 Å². The highest BCUT2D eigenvalue weighted by Crippen LogP contribution is 2.24. The van der Waals surface area contributed by atoms with Crippen LogP contribution >= 0.6 is 22.7 Å². The Labute approximate surface area is 155 Å². The predicted molar refractivity (Wildman–Crippen MR) is 93.4 cm³/mol. The van der Waals surface area contributed by atoms with E-state index in [9.17, 15) is 22.0 Å². The summed E-state index contributed by atoms with van der Waals surface area (Å²) in [7, 11) is -4.05. The minimum atomic E-state index is -4.05. The molecule has 2 heterocycles. The van der Waals surface area contributed by atoms with Crippen LogP contribution in [0.15, 0.2) is 38.3 Å². The van der Waals surface area contributed by atoms with Crippen LogP contribution in [0.2, 0.25) is 0 Å². The van der Waals surface area contributed by atoms with E-state index in [1.165, 1.54) is 6.07 Å². The Morgan fingerprint density at radius 2 is 2.12 bits per heavy atom. The van der Waals surface area contributed by atoms with Crippen molar-refractivity contribution in [1.29, 1.82) is 0 Å². The van der Waals surface area contributed by atoms with Gasteiger partial charge in [0.25, 0.3) is 10.0 Å². The molecule has 0 spiro atoms. The highest BCUT2D eigenvalue weighted by atomic mass is 32.2. The Morgan fingerprint density at radius 3 is 2.77 bits per heavy atom. The second kappa shape index (κ2) is 7.25. The number of thiophene rings is 1. The van der Waals surface area contributed by atoms with E-state index in [1.54, 1.807) is 18.4 Å². The van der Waals surface area contributed by atoms with Crippen molar-refractivity contribution in [1.82, 2.24) is 4.57 Å². The quantitative estimate of drug-likeness (QED) is 0.597. The van der Waals surface area contributed by atoms with E-state index in [4.69, 9.17) is 4.74 Å². The van der Waals surface area contributed by atoms with Gasteiger partial charge < -0.3 is 9.30 Å². The summed E-state index contributed by atoms with van der Waals surface area (Å²) in [6.45, 7) is 1.27. The number of hydrogen-bond acceptors (Lipinski definition) is 6. The summed E-state index contributed by atoms with van der Waals surface area (Å²) in [6.07, 6.45) is 0. The number of carbonyl (C=O) groups excluding carboxylic acids is 1. The molecule has 2 aromatic heterocycles. The molecule has 0 aliphatic heterocycles. The number of thiazole rings is 1. The van der Waals surface area contributed by atoms with Crippen LogP contribution in [0.25, 0.3) is 10.2 Å². The number of carbonyl (C=O) groups is 1. The van der Waals surface area contributed by atoms with Gasteiger partial charge in [-0.25, -0.2) is 8.78 Å². The molecule has 26 heavy (non-hydrogen) atoms. The lowest BCUT2D eigenvalue weighted by Gasteiger charge is -2.05. The minimum Gasteiger partial charge on any atom is -0.465 e. The fourth-order valence-electron chi connectivity index (χ4n) is 2.24. The topological polar surface area (TPSA) is 77.7 Å². The van der Waals surface area contributed by atoms with E-state index in [0.717, 1.165) is 33.3 Å². The van der Waals surface area contributed by atoms with Crippen molar-refractivity contribution in [3.63, 3.8) is 0 Å². The number of fused-ring (bicyclic) bond motifs is 1. The summed E-state index contributed by atoms with van der Waals surface area (Å²) < 4.78 is 62.4. The number of hydrogen-bond donors (Lipinski definition) is 0. The molecule has 0 unspecified atom stereocenters. The molecule has 1 aromatic carbocycles. The Bertz CT molecular complexity index is 1130. The number of aromatic nitrogens is 1. The van der Waals surface area contributed by atoms with Crippen LogP contribution in [-0.2, 0) is 26.1 Å². The van der Waals surface area contributed by atoms with Crippen molar-refractivity contribution in [2.45, 2.75) is 17.7 Å². The molecule has 0 saturated carbocycles. The number of esters is 1. The van der Waals surface area contributed by atoms with Crippen LogP contribution in [0.1, 0.15) is 6.92 Å². The maximum absolute atomic E-state index is 14.3. The molecule has 0 saturated heterocycles. The predicted octanol–water partition coefficient (Wildman–Crippen LogP) is 2.90. The summed E-state index contributed by atoms with van der Waals surface area (Å²) in [6, 6.07) is 4.65. The lowest BCUT2D eigenvalue weighted by Crippen LogP contribution is -2.23. The summed E-state index contributed by atoms with van der Waals surface area (Å²) in [5.74, 6) is -2.42. The fraction of sp³-hybridized carbons (Fsp3) is 0.200. The van der Waals surface area contributed by atoms with Crippen LogP contribution in [0, 0.1) is 11.6 Å². The van der Waals surface area contributed by atoms with E-state index in [1.807, 2.05) is 0 Å². The van der Waals surface area contributed by atoms with Crippen molar-refractivity contribution in [3.8, 4) is 0 Å². The molecule has 0 radical (unpaired) electrons. The molecular weight excluding hydrogens is 406 g/mol. The van der Waals surface area contributed by atoms with Crippen LogP contribution in [0.3, 0.4) is 0 Å². The highest BCUT2D eigenvalue weighted by Gasteiger charge is 2.19. The summed E-state index contributed by atoms with van der Waals surface area (Å²) in [5.41, 5.74) is -0.107. The van der Waals surface area contributed by atoms with E-state index in [2.05, 4.69) is 4.40 Å². The SMILES string of the molecule is CCOC(=O)Cn1c(=NS(=O)(=O)c2cccs2)sc2cc(F)cc(F)c21. The van der Waals surface area contributed by atoms with Gasteiger partial charge in [-0.05, 0) is 24.4 Å². The number of sulfonamides is 1. The van der Waals surface area contributed by atoms with Gasteiger partial charge in [0.2, 0.25) is 4.80 Å². The van der Waals surface area contributed by atoms with Crippen molar-refractivity contribution < 1.29 is 26.7 Å². The van der Waals surface area contributed by atoms with Crippen molar-refractivity contribution in [3.05, 3.63) is 46.1 Å². The van der Waals surface area contributed by atoms with Gasteiger partial charge >= 0.3 is 5.97 Å². The Kier molecular flexibility index (Phi) is 5.21. The van der Waals surface area contributed by atoms with Crippen LogP contribution in [-0.4, -0.2) is 25.6 Å². The monoisotopic (exact) mass is 418 g/mol. The molecule has 0 aliphatic rings. The standard InChI is InChI=1S/C15H12F2N2O4S3/c1-2-23-12(20)8-19-14-10(17)6-9(16)7-11(14)25-15(19)18-26(21,22)13-4-3-5-24-13/h3-7H,2,8H2,1H3. The number of rotatable bonds is 5. The zero-order chi connectivity index (χ0) is 18.9. The van der Waals surface area contributed by atoms with E-state index in [0.29, 0.717) is 6.07 Å². The number of ether oxygens (including phenoxy) is 1. The Morgan fingerprint density at radius 1 is 1.35 bits per heavy atom. The van der Waals surface area contributed by atoms with Gasteiger partial charge in [-0.1, -0.05) is 17.4 Å². The maximum Gasteiger partial charge on any atom is 0.326 e. The average molecular weight is 418 g/mol. The van der Waals surface area contributed by atoms with E-state index >= 15 is 0 Å². The maximum atomic E-state index is 14.3. The first-order valence-electron chi connectivity index (χ1n) is 7.30. The van der Waals surface area contributed by atoms with Crippen molar-refractivity contribution in [2.75, 3.05) is 6.61 Å². The molecule has 3 rings (SSSR count). The summed E-state index contributed by atoms with van der Waals surface area (Å²) in [4.78, 5) is 11.7. The van der Waals surface area contributed by atoms with Gasteiger partial charge in [0, 0.05) is 6.07 Å². The second-order valence-corrected chi connectivity index (χ2v) is 8.80. The number of nitrogens with zero attached hydrogens (tertiary/aromatic N) is 2. The molecule has 0 bridgehead atoms. The molecule has 0 N–H and O–H groups in total. The van der Waals surface area contributed by atoms with Gasteiger partial charge in [0.15, 0.2) is 5.82 Å². The van der Waals surface area contributed by atoms with Crippen molar-refractivity contribution >= 4 is 48.9 Å². The van der Waals surface area contributed by atoms with Gasteiger partial charge in [-0.3, -0.25) is 4.79 Å². The van der Waals surface area contributed by atoms with Gasteiger partial charge in [0.1, 0.15) is 16.6 Å². The summed E-state index contributed by atoms with van der Waals surface area (Å²) >= 11 is 1.75. The third-order valence-corrected chi connectivity index (χ3v) is 7.02. The molecule has 0 fully saturated rings. The first-order valence-corrected chi connectivity index (χ1v) is 10.4. The first-order chi connectivity index (χ1) is 12.3. The molecule has 3 aromatic rings. The molecule has 0 amide bonds. The lowest BCUT2D eigenvalue weighted by atomic mass is 10.3. The van der Waals surface area contributed by atoms with Gasteiger partial charge in [-0.2, -0.15) is 8.42 Å². The highest BCUT2D eigenvalue weighted by molar-refractivity contribution is 7.92. The van der Waals surface area contributed by atoms with Gasteiger partial charge in [0.05, 0.1) is 16.8 Å². The zero-order valence-corrected chi connectivity index (χ0v) is 15.8. The largest absolute Gasteiger partial charge is 0.465 e. The smallest absolute Gasteiger partial charge is 0.326 e. The molecule has 11 heteroatoms. The molecule has 0 aliphatic carbocycles. The zero-order valence-electron chi connectivity index (χ0n) is 13.3. The van der Waals surface area contributed by atoms with Crippen LogP contribution < -0.4 is 4.80 Å². The third kappa shape index (κ3) is 3.69. The summed E-state index contributed by atoms with van der Waals surface area (Å²) in [5, 5.41) is 1.58. The molecule has 6 nitrogen and oxygen atoms in total. The molecule has 0 atom stereocenters. The average Bonchev–Trinajstić information content (AvgIpc) is 3.16. The van der Waals surface area contributed by atoms with Gasteiger partial charge in [-0.15, -0.1) is 15.7 Å². The van der Waals surface area contributed by atoms with Crippen LogP contribution in [0.5, 0.6) is 0 Å². The lowest BCUT2D eigenvalue weighted by molar-refractivity contribution is -0.143. The number of halogens is 2. The fourth-order valence-corrected chi connectivity index (χ4v) is 5.48. The third-order valence-electron chi connectivity index (χ3n) is 3.24.